The number of hydrogen-bond acceptors (Lipinski definition) is 2. The van der Waals surface area contributed by atoms with Crippen LogP contribution in [-0.2, 0) is 6.42 Å². The molecule has 2 aromatic rings. The van der Waals surface area contributed by atoms with Gasteiger partial charge in [-0.25, -0.2) is 4.98 Å². The van der Waals surface area contributed by atoms with Crippen LogP contribution in [0.5, 0.6) is 0 Å². The fourth-order valence-electron chi connectivity index (χ4n) is 2.08. The van der Waals surface area contributed by atoms with E-state index in [0.717, 1.165) is 6.42 Å². The Balaban J connectivity index is 2.34. The highest BCUT2D eigenvalue weighted by Crippen LogP contribution is 2.26. The van der Waals surface area contributed by atoms with Gasteiger partial charge in [-0.2, -0.15) is 0 Å². The first-order valence-corrected chi connectivity index (χ1v) is 6.54. The topological polar surface area (TPSA) is 17.8 Å². The molecule has 2 aromatic heterocycles. The first kappa shape index (κ1) is 11.4. The van der Waals surface area contributed by atoms with Crippen LogP contribution in [0.4, 0.5) is 0 Å². The Bertz CT molecular complexity index is 462. The van der Waals surface area contributed by atoms with Crippen LogP contribution < -0.4 is 0 Å². The first-order valence-electron chi connectivity index (χ1n) is 5.72. The van der Waals surface area contributed by atoms with Gasteiger partial charge in [0.1, 0.15) is 5.01 Å². The third-order valence-electron chi connectivity index (χ3n) is 2.99. The van der Waals surface area contributed by atoms with Crippen molar-refractivity contribution in [3.05, 3.63) is 39.6 Å². The van der Waals surface area contributed by atoms with Crippen molar-refractivity contribution in [1.29, 1.82) is 0 Å². The van der Waals surface area contributed by atoms with Gasteiger partial charge in [-0.05, 0) is 39.3 Å². The molecule has 1 unspecified atom stereocenters. The molecule has 0 saturated carbocycles. The number of aromatic nitrogens is 2. The maximum absolute atomic E-state index is 4.52. The maximum atomic E-state index is 4.52. The molecular formula is C13H18N2S. The lowest BCUT2D eigenvalue weighted by atomic mass is 10.3. The van der Waals surface area contributed by atoms with E-state index >= 15 is 0 Å². The third-order valence-corrected chi connectivity index (χ3v) is 4.30. The molecule has 0 N–H and O–H groups in total. The smallest absolute Gasteiger partial charge is 0.115 e. The van der Waals surface area contributed by atoms with Crippen LogP contribution in [0.3, 0.4) is 0 Å². The van der Waals surface area contributed by atoms with Crippen LogP contribution in [0.2, 0.25) is 0 Å². The lowest BCUT2D eigenvalue weighted by Crippen LogP contribution is -2.09. The van der Waals surface area contributed by atoms with Gasteiger partial charge >= 0.3 is 0 Å². The van der Waals surface area contributed by atoms with E-state index in [4.69, 9.17) is 0 Å². The highest BCUT2D eigenvalue weighted by molar-refractivity contribution is 7.11. The molecule has 0 fully saturated rings. The van der Waals surface area contributed by atoms with Crippen molar-refractivity contribution in [3.63, 3.8) is 0 Å². The predicted molar refractivity (Wildman–Crippen MR) is 69.2 cm³/mol. The largest absolute Gasteiger partial charge is 0.340 e. The van der Waals surface area contributed by atoms with Crippen LogP contribution >= 0.6 is 11.3 Å². The van der Waals surface area contributed by atoms with E-state index < -0.39 is 0 Å². The predicted octanol–water partition coefficient (Wildman–Crippen LogP) is 3.73. The fourth-order valence-corrected chi connectivity index (χ4v) is 2.98. The molecule has 0 saturated heterocycles. The van der Waals surface area contributed by atoms with Gasteiger partial charge in [0, 0.05) is 22.5 Å². The Hall–Kier alpha value is -1.09. The maximum Gasteiger partial charge on any atom is 0.115 e. The Morgan fingerprint density at radius 1 is 1.31 bits per heavy atom. The molecule has 0 aromatic carbocycles. The second-order valence-electron chi connectivity index (χ2n) is 4.18. The lowest BCUT2D eigenvalue weighted by molar-refractivity contribution is 0.606. The number of thiazole rings is 1. The van der Waals surface area contributed by atoms with E-state index in [0.29, 0.717) is 6.04 Å². The zero-order chi connectivity index (χ0) is 11.7. The monoisotopic (exact) mass is 234 g/mol. The summed E-state index contributed by atoms with van der Waals surface area (Å²) in [6, 6.07) is 4.68. The molecule has 0 aliphatic heterocycles. The summed E-state index contributed by atoms with van der Waals surface area (Å²) < 4.78 is 2.35. The summed E-state index contributed by atoms with van der Waals surface area (Å²) in [7, 11) is 0. The molecule has 0 spiro atoms. The summed E-state index contributed by atoms with van der Waals surface area (Å²) in [5.41, 5.74) is 2.61. The van der Waals surface area contributed by atoms with Crippen molar-refractivity contribution >= 4 is 11.3 Å². The number of aryl methyl sites for hydroxylation is 3. The first-order chi connectivity index (χ1) is 7.63. The Labute approximate surface area is 101 Å². The summed E-state index contributed by atoms with van der Waals surface area (Å²) in [4.78, 5) is 5.89. The molecule has 0 radical (unpaired) electrons. The van der Waals surface area contributed by atoms with Gasteiger partial charge in [0.05, 0.1) is 6.04 Å². The van der Waals surface area contributed by atoms with Crippen LogP contribution in [-0.4, -0.2) is 9.55 Å². The summed E-state index contributed by atoms with van der Waals surface area (Å²) in [6.07, 6.45) is 3.08. The van der Waals surface area contributed by atoms with E-state index in [1.807, 2.05) is 17.5 Å². The van der Waals surface area contributed by atoms with E-state index in [-0.39, 0.29) is 0 Å². The van der Waals surface area contributed by atoms with Gasteiger partial charge in [-0.3, -0.25) is 0 Å². The van der Waals surface area contributed by atoms with Crippen molar-refractivity contribution in [2.45, 2.75) is 40.2 Å². The van der Waals surface area contributed by atoms with Gasteiger partial charge in [-0.1, -0.05) is 6.92 Å². The SMILES string of the molecule is CCc1cnc(C(C)n2c(C)ccc2C)s1. The van der Waals surface area contributed by atoms with Crippen LogP contribution in [0, 0.1) is 13.8 Å². The van der Waals surface area contributed by atoms with E-state index in [2.05, 4.69) is 49.4 Å². The minimum Gasteiger partial charge on any atom is -0.340 e. The van der Waals surface area contributed by atoms with Gasteiger partial charge < -0.3 is 4.57 Å². The van der Waals surface area contributed by atoms with E-state index in [1.54, 1.807) is 0 Å². The quantitative estimate of drug-likeness (QED) is 0.791. The number of rotatable bonds is 3. The van der Waals surface area contributed by atoms with Gasteiger partial charge in [0.2, 0.25) is 0 Å². The molecule has 0 aliphatic rings. The van der Waals surface area contributed by atoms with Crippen molar-refractivity contribution in [2.75, 3.05) is 0 Å². The Kier molecular flexibility index (Phi) is 3.15. The van der Waals surface area contributed by atoms with E-state index in [9.17, 15) is 0 Å². The molecule has 3 heteroatoms. The molecule has 1 atom stereocenters. The van der Waals surface area contributed by atoms with Crippen molar-refractivity contribution in [2.24, 2.45) is 0 Å². The summed E-state index contributed by atoms with van der Waals surface area (Å²) in [5, 5.41) is 1.21. The second-order valence-corrected chi connectivity index (χ2v) is 5.33. The van der Waals surface area contributed by atoms with Crippen LogP contribution in [0.1, 0.15) is 41.2 Å². The van der Waals surface area contributed by atoms with Crippen molar-refractivity contribution < 1.29 is 0 Å². The molecule has 0 aliphatic carbocycles. The minimum atomic E-state index is 0.347. The standard InChI is InChI=1S/C13H18N2S/c1-5-12-8-14-13(16-12)11(4)15-9(2)6-7-10(15)3/h6-8,11H,5H2,1-4H3. The van der Waals surface area contributed by atoms with Gasteiger partial charge in [0.25, 0.3) is 0 Å². The summed E-state index contributed by atoms with van der Waals surface area (Å²) in [6.45, 7) is 8.70. The number of hydrogen-bond donors (Lipinski definition) is 0. The average molecular weight is 234 g/mol. The zero-order valence-electron chi connectivity index (χ0n) is 10.3. The minimum absolute atomic E-state index is 0.347. The molecule has 0 bridgehead atoms. The molecule has 0 amide bonds. The zero-order valence-corrected chi connectivity index (χ0v) is 11.1. The normalized spacial score (nSPS) is 13.0. The highest BCUT2D eigenvalue weighted by Gasteiger charge is 2.14. The molecule has 2 rings (SSSR count). The highest BCUT2D eigenvalue weighted by atomic mass is 32.1. The molecular weight excluding hydrogens is 216 g/mol. The molecule has 86 valence electrons. The molecule has 16 heavy (non-hydrogen) atoms. The fraction of sp³-hybridized carbons (Fsp3) is 0.462. The second kappa shape index (κ2) is 4.42. The van der Waals surface area contributed by atoms with Crippen LogP contribution in [0.15, 0.2) is 18.3 Å². The molecule has 2 heterocycles. The van der Waals surface area contributed by atoms with Crippen LogP contribution in [0.25, 0.3) is 0 Å². The summed E-state index contributed by atoms with van der Waals surface area (Å²) >= 11 is 1.82. The Morgan fingerprint density at radius 3 is 2.44 bits per heavy atom. The Morgan fingerprint density at radius 2 is 1.94 bits per heavy atom. The van der Waals surface area contributed by atoms with Gasteiger partial charge in [0.15, 0.2) is 0 Å². The van der Waals surface area contributed by atoms with E-state index in [1.165, 1.54) is 21.3 Å². The van der Waals surface area contributed by atoms with Crippen molar-refractivity contribution in [3.8, 4) is 0 Å². The lowest BCUT2D eigenvalue weighted by Gasteiger charge is -2.15. The van der Waals surface area contributed by atoms with Gasteiger partial charge in [-0.15, -0.1) is 11.3 Å². The average Bonchev–Trinajstić information content (AvgIpc) is 2.85. The molecule has 2 nitrogen and oxygen atoms in total. The number of nitrogens with zero attached hydrogens (tertiary/aromatic N) is 2. The van der Waals surface area contributed by atoms with Crippen molar-refractivity contribution in [1.82, 2.24) is 9.55 Å². The third kappa shape index (κ3) is 1.92. The summed E-state index contributed by atoms with van der Waals surface area (Å²) in [5.74, 6) is 0.